The molecule has 1 fully saturated rings. The second-order valence-electron chi connectivity index (χ2n) is 8.06. The van der Waals surface area contributed by atoms with Gasteiger partial charge in [-0.2, -0.15) is 0 Å². The Morgan fingerprint density at radius 1 is 0.969 bits per heavy atom. The zero-order chi connectivity index (χ0) is 22.7. The third kappa shape index (κ3) is 5.44. The zero-order valence-electron chi connectivity index (χ0n) is 17.4. The molecule has 3 aromatic carbocycles. The van der Waals surface area contributed by atoms with E-state index in [4.69, 9.17) is 23.2 Å². The van der Waals surface area contributed by atoms with E-state index in [1.807, 2.05) is 30.3 Å². The number of amides is 1. The first-order valence-electron chi connectivity index (χ1n) is 10.5. The molecular weight excluding hydrogens is 467 g/mol. The number of sulfonamides is 1. The van der Waals surface area contributed by atoms with Crippen molar-refractivity contribution in [3.63, 3.8) is 0 Å². The fourth-order valence-electron chi connectivity index (χ4n) is 4.00. The Hall–Kier alpha value is -2.12. The van der Waals surface area contributed by atoms with E-state index in [0.717, 1.165) is 16.3 Å². The fraction of sp³-hybridized carbons (Fsp3) is 0.292. The molecule has 168 valence electrons. The number of piperidine rings is 1. The highest BCUT2D eigenvalue weighted by Gasteiger charge is 2.31. The van der Waals surface area contributed by atoms with Gasteiger partial charge in [0.05, 0.1) is 5.75 Å². The third-order valence-electron chi connectivity index (χ3n) is 5.85. The Labute approximate surface area is 198 Å². The normalized spacial score (nSPS) is 15.7. The molecular formula is C24H24Cl2N2O3S. The molecule has 0 bridgehead atoms. The van der Waals surface area contributed by atoms with Crippen LogP contribution in [0.4, 0.5) is 0 Å². The molecule has 1 saturated heterocycles. The Bertz CT molecular complexity index is 1240. The quantitative estimate of drug-likeness (QED) is 0.528. The van der Waals surface area contributed by atoms with Gasteiger partial charge in [-0.3, -0.25) is 4.79 Å². The fourth-order valence-corrected chi connectivity index (χ4v) is 6.15. The Morgan fingerprint density at radius 2 is 1.69 bits per heavy atom. The number of hydrogen-bond donors (Lipinski definition) is 1. The van der Waals surface area contributed by atoms with Gasteiger partial charge in [0.25, 0.3) is 0 Å². The highest BCUT2D eigenvalue weighted by atomic mass is 35.5. The van der Waals surface area contributed by atoms with Gasteiger partial charge in [-0.25, -0.2) is 12.7 Å². The molecule has 0 radical (unpaired) electrons. The molecule has 8 heteroatoms. The maximum Gasteiger partial charge on any atom is 0.223 e. The summed E-state index contributed by atoms with van der Waals surface area (Å²) < 4.78 is 27.1. The number of carbonyl (C=O) groups excluding carboxylic acids is 1. The van der Waals surface area contributed by atoms with E-state index >= 15 is 0 Å². The van der Waals surface area contributed by atoms with Gasteiger partial charge in [-0.1, -0.05) is 65.7 Å². The van der Waals surface area contributed by atoms with Gasteiger partial charge in [0.2, 0.25) is 15.9 Å². The number of hydrogen-bond acceptors (Lipinski definition) is 3. The molecule has 1 heterocycles. The molecule has 3 aromatic rings. The van der Waals surface area contributed by atoms with Gasteiger partial charge >= 0.3 is 0 Å². The maximum absolute atomic E-state index is 12.8. The predicted molar refractivity (Wildman–Crippen MR) is 129 cm³/mol. The minimum atomic E-state index is -3.52. The lowest BCUT2D eigenvalue weighted by Crippen LogP contribution is -2.43. The van der Waals surface area contributed by atoms with Crippen LogP contribution in [0.25, 0.3) is 10.8 Å². The largest absolute Gasteiger partial charge is 0.352 e. The molecule has 4 rings (SSSR count). The summed E-state index contributed by atoms with van der Waals surface area (Å²) >= 11 is 12.0. The van der Waals surface area contributed by atoms with Crippen LogP contribution in [0.1, 0.15) is 24.0 Å². The van der Waals surface area contributed by atoms with Crippen molar-refractivity contribution >= 4 is 49.9 Å². The average Bonchev–Trinajstić information content (AvgIpc) is 2.79. The Morgan fingerprint density at radius 3 is 2.41 bits per heavy atom. The molecule has 1 aliphatic heterocycles. The van der Waals surface area contributed by atoms with Crippen LogP contribution in [0.5, 0.6) is 0 Å². The summed E-state index contributed by atoms with van der Waals surface area (Å²) in [5.74, 6) is -0.404. The molecule has 1 N–H and O–H groups in total. The highest BCUT2D eigenvalue weighted by Crippen LogP contribution is 2.26. The van der Waals surface area contributed by atoms with Gasteiger partial charge in [0.15, 0.2) is 0 Å². The number of rotatable bonds is 6. The summed E-state index contributed by atoms with van der Waals surface area (Å²) in [5.41, 5.74) is 1.56. The zero-order valence-corrected chi connectivity index (χ0v) is 19.8. The summed E-state index contributed by atoms with van der Waals surface area (Å²) in [6.07, 6.45) is 0.994. The summed E-state index contributed by atoms with van der Waals surface area (Å²) in [4.78, 5) is 12.6. The van der Waals surface area contributed by atoms with E-state index in [1.165, 1.54) is 4.31 Å². The molecule has 5 nitrogen and oxygen atoms in total. The van der Waals surface area contributed by atoms with E-state index in [2.05, 4.69) is 17.4 Å². The van der Waals surface area contributed by atoms with Crippen LogP contribution in [0, 0.1) is 5.92 Å². The lowest BCUT2D eigenvalue weighted by molar-refractivity contribution is -0.126. The number of benzene rings is 3. The molecule has 0 saturated carbocycles. The molecule has 1 aliphatic rings. The minimum absolute atomic E-state index is 0.0315. The molecule has 1 amide bonds. The maximum atomic E-state index is 12.8. The van der Waals surface area contributed by atoms with Crippen LogP contribution in [0.15, 0.2) is 60.7 Å². The molecule has 0 atom stereocenters. The second-order valence-corrected chi connectivity index (χ2v) is 10.9. The van der Waals surface area contributed by atoms with E-state index in [-0.39, 0.29) is 17.6 Å². The van der Waals surface area contributed by atoms with E-state index in [0.29, 0.717) is 48.1 Å². The third-order valence-corrected chi connectivity index (χ3v) is 8.27. The van der Waals surface area contributed by atoms with Crippen molar-refractivity contribution in [3.05, 3.63) is 81.8 Å². The standard InChI is InChI=1S/C24H24Cl2N2O3S/c25-22-8-7-21(23(26)14-22)16-32(30,31)28-11-9-19(10-12-28)24(29)27-15-17-5-6-18-3-1-2-4-20(18)13-17/h1-8,13-14,19H,9-12,15-16H2,(H,27,29). The number of halogens is 2. The molecule has 0 aliphatic carbocycles. The smallest absolute Gasteiger partial charge is 0.223 e. The van der Waals surface area contributed by atoms with Crippen molar-refractivity contribution in [2.45, 2.75) is 25.1 Å². The first kappa shape index (κ1) is 23.1. The van der Waals surface area contributed by atoms with Crippen LogP contribution in [-0.4, -0.2) is 31.7 Å². The molecule has 32 heavy (non-hydrogen) atoms. The van der Waals surface area contributed by atoms with E-state index < -0.39 is 10.0 Å². The minimum Gasteiger partial charge on any atom is -0.352 e. The molecule has 0 spiro atoms. The number of fused-ring (bicyclic) bond motifs is 1. The molecule has 0 unspecified atom stereocenters. The Kier molecular flexibility index (Phi) is 7.05. The first-order valence-corrected chi connectivity index (χ1v) is 12.9. The van der Waals surface area contributed by atoms with E-state index in [9.17, 15) is 13.2 Å². The summed E-state index contributed by atoms with van der Waals surface area (Å²) in [7, 11) is -3.52. The molecule has 0 aromatic heterocycles. The van der Waals surface area contributed by atoms with Crippen LogP contribution < -0.4 is 5.32 Å². The SMILES string of the molecule is O=C(NCc1ccc2ccccc2c1)C1CCN(S(=O)(=O)Cc2ccc(Cl)cc2Cl)CC1. The summed E-state index contributed by atoms with van der Waals surface area (Å²) in [5, 5.41) is 6.10. The van der Waals surface area contributed by atoms with Crippen molar-refractivity contribution in [3.8, 4) is 0 Å². The van der Waals surface area contributed by atoms with Gasteiger partial charge < -0.3 is 5.32 Å². The lowest BCUT2D eigenvalue weighted by Gasteiger charge is -2.30. The number of nitrogens with zero attached hydrogens (tertiary/aromatic N) is 1. The van der Waals surface area contributed by atoms with Crippen LogP contribution in [0.2, 0.25) is 10.0 Å². The van der Waals surface area contributed by atoms with Crippen LogP contribution >= 0.6 is 23.2 Å². The van der Waals surface area contributed by atoms with Crippen molar-refractivity contribution in [1.29, 1.82) is 0 Å². The lowest BCUT2D eigenvalue weighted by atomic mass is 9.97. The number of carbonyl (C=O) groups is 1. The predicted octanol–water partition coefficient (Wildman–Crippen LogP) is 5.00. The van der Waals surface area contributed by atoms with E-state index in [1.54, 1.807) is 18.2 Å². The van der Waals surface area contributed by atoms with Crippen molar-refractivity contribution in [2.75, 3.05) is 13.1 Å². The first-order chi connectivity index (χ1) is 15.3. The average molecular weight is 491 g/mol. The van der Waals surface area contributed by atoms with Crippen molar-refractivity contribution < 1.29 is 13.2 Å². The number of nitrogens with one attached hydrogen (secondary N) is 1. The van der Waals surface area contributed by atoms with Crippen molar-refractivity contribution in [1.82, 2.24) is 9.62 Å². The summed E-state index contributed by atoms with van der Waals surface area (Å²) in [6.45, 7) is 1.10. The highest BCUT2D eigenvalue weighted by molar-refractivity contribution is 7.88. The van der Waals surface area contributed by atoms with Gasteiger partial charge in [-0.05, 0) is 52.9 Å². The Balaban J connectivity index is 1.30. The summed E-state index contributed by atoms with van der Waals surface area (Å²) in [6, 6.07) is 19.0. The van der Waals surface area contributed by atoms with Crippen LogP contribution in [-0.2, 0) is 27.1 Å². The van der Waals surface area contributed by atoms with Crippen molar-refractivity contribution in [2.24, 2.45) is 5.92 Å². The topological polar surface area (TPSA) is 66.5 Å². The second kappa shape index (κ2) is 9.79. The van der Waals surface area contributed by atoms with Gasteiger partial charge in [-0.15, -0.1) is 0 Å². The van der Waals surface area contributed by atoms with Crippen LogP contribution in [0.3, 0.4) is 0 Å². The van der Waals surface area contributed by atoms with Gasteiger partial charge in [0, 0.05) is 35.6 Å². The monoisotopic (exact) mass is 490 g/mol. The van der Waals surface area contributed by atoms with Gasteiger partial charge in [0.1, 0.15) is 0 Å².